The summed E-state index contributed by atoms with van der Waals surface area (Å²) in [5, 5.41) is 5.66. The first kappa shape index (κ1) is 17.1. The standard InChI is InChI=1S/C16H21N5OS/c1-10-14(11(2)18-15(17-10)21(3)4)20-16(22)19-12-7-6-8-13(9-12)23-5/h6-9H,1-5H3,(H2,19,20,22). The Labute approximate surface area is 140 Å². The molecule has 1 aromatic carbocycles. The highest BCUT2D eigenvalue weighted by atomic mass is 32.2. The molecule has 1 aromatic heterocycles. The largest absolute Gasteiger partial charge is 0.347 e. The third kappa shape index (κ3) is 4.35. The fourth-order valence-corrected chi connectivity index (χ4v) is 2.52. The summed E-state index contributed by atoms with van der Waals surface area (Å²) in [7, 11) is 3.76. The van der Waals surface area contributed by atoms with Crippen molar-refractivity contribution in [2.45, 2.75) is 18.7 Å². The van der Waals surface area contributed by atoms with Crippen molar-refractivity contribution in [2.75, 3.05) is 35.9 Å². The number of carbonyl (C=O) groups excluding carboxylic acids is 1. The average Bonchev–Trinajstić information content (AvgIpc) is 2.50. The van der Waals surface area contributed by atoms with Gasteiger partial charge in [0.2, 0.25) is 5.95 Å². The summed E-state index contributed by atoms with van der Waals surface area (Å²) >= 11 is 1.63. The molecule has 0 saturated heterocycles. The molecule has 7 heteroatoms. The fourth-order valence-electron chi connectivity index (χ4n) is 2.06. The lowest BCUT2D eigenvalue weighted by Gasteiger charge is -2.16. The van der Waals surface area contributed by atoms with E-state index < -0.39 is 0 Å². The highest BCUT2D eigenvalue weighted by Gasteiger charge is 2.12. The Bertz CT molecular complexity index is 694. The Morgan fingerprint density at radius 2 is 1.78 bits per heavy atom. The van der Waals surface area contributed by atoms with Gasteiger partial charge < -0.3 is 15.5 Å². The molecular weight excluding hydrogens is 310 g/mol. The van der Waals surface area contributed by atoms with Crippen molar-refractivity contribution in [3.05, 3.63) is 35.7 Å². The minimum Gasteiger partial charge on any atom is -0.347 e. The van der Waals surface area contributed by atoms with Crippen LogP contribution in [0, 0.1) is 13.8 Å². The van der Waals surface area contributed by atoms with E-state index in [1.165, 1.54) is 0 Å². The molecule has 0 unspecified atom stereocenters. The zero-order chi connectivity index (χ0) is 17.0. The van der Waals surface area contributed by atoms with Gasteiger partial charge in [-0.15, -0.1) is 11.8 Å². The quantitative estimate of drug-likeness (QED) is 0.839. The van der Waals surface area contributed by atoms with Crippen molar-refractivity contribution < 1.29 is 4.79 Å². The van der Waals surface area contributed by atoms with E-state index in [1.54, 1.807) is 11.8 Å². The first-order valence-corrected chi connectivity index (χ1v) is 8.38. The van der Waals surface area contributed by atoms with Crippen LogP contribution in [0.2, 0.25) is 0 Å². The summed E-state index contributed by atoms with van der Waals surface area (Å²) < 4.78 is 0. The number of urea groups is 1. The molecule has 2 aromatic rings. The lowest BCUT2D eigenvalue weighted by molar-refractivity contribution is 0.262. The Hall–Kier alpha value is -2.28. The number of thioether (sulfide) groups is 1. The molecule has 0 radical (unpaired) electrons. The second-order valence-corrected chi connectivity index (χ2v) is 6.15. The predicted molar refractivity (Wildman–Crippen MR) is 96.7 cm³/mol. The van der Waals surface area contributed by atoms with Gasteiger partial charge in [0, 0.05) is 24.7 Å². The molecule has 0 saturated carbocycles. The van der Waals surface area contributed by atoms with Gasteiger partial charge >= 0.3 is 6.03 Å². The Morgan fingerprint density at radius 1 is 1.13 bits per heavy atom. The summed E-state index contributed by atoms with van der Waals surface area (Å²) in [6.07, 6.45) is 2.00. The van der Waals surface area contributed by atoms with Crippen molar-refractivity contribution in [3.8, 4) is 0 Å². The van der Waals surface area contributed by atoms with E-state index in [-0.39, 0.29) is 6.03 Å². The van der Waals surface area contributed by atoms with Gasteiger partial charge in [-0.2, -0.15) is 0 Å². The highest BCUT2D eigenvalue weighted by Crippen LogP contribution is 2.21. The van der Waals surface area contributed by atoms with Gasteiger partial charge in [0.05, 0.1) is 17.1 Å². The van der Waals surface area contributed by atoms with E-state index >= 15 is 0 Å². The summed E-state index contributed by atoms with van der Waals surface area (Å²) in [5.74, 6) is 0.624. The monoisotopic (exact) mass is 331 g/mol. The molecule has 0 aliphatic rings. The first-order chi connectivity index (χ1) is 10.9. The number of carbonyl (C=O) groups is 1. The van der Waals surface area contributed by atoms with E-state index in [2.05, 4.69) is 20.6 Å². The first-order valence-electron chi connectivity index (χ1n) is 7.15. The number of nitrogens with zero attached hydrogens (tertiary/aromatic N) is 3. The van der Waals surface area contributed by atoms with Gasteiger partial charge in [0.1, 0.15) is 0 Å². The zero-order valence-electron chi connectivity index (χ0n) is 14.0. The van der Waals surface area contributed by atoms with Crippen LogP contribution in [0.5, 0.6) is 0 Å². The van der Waals surface area contributed by atoms with Gasteiger partial charge in [-0.05, 0) is 38.3 Å². The highest BCUT2D eigenvalue weighted by molar-refractivity contribution is 7.98. The lowest BCUT2D eigenvalue weighted by atomic mass is 10.3. The zero-order valence-corrected chi connectivity index (χ0v) is 14.8. The third-order valence-electron chi connectivity index (χ3n) is 3.23. The Morgan fingerprint density at radius 3 is 2.35 bits per heavy atom. The van der Waals surface area contributed by atoms with Crippen LogP contribution >= 0.6 is 11.8 Å². The topological polar surface area (TPSA) is 70.2 Å². The molecule has 2 N–H and O–H groups in total. The van der Waals surface area contributed by atoms with E-state index in [0.717, 1.165) is 22.0 Å². The van der Waals surface area contributed by atoms with E-state index in [4.69, 9.17) is 0 Å². The van der Waals surface area contributed by atoms with Gasteiger partial charge in [-0.3, -0.25) is 0 Å². The SMILES string of the molecule is CSc1cccc(NC(=O)Nc2c(C)nc(N(C)C)nc2C)c1. The number of hydrogen-bond donors (Lipinski definition) is 2. The maximum Gasteiger partial charge on any atom is 0.323 e. The van der Waals surface area contributed by atoms with Gasteiger partial charge in [-0.25, -0.2) is 14.8 Å². The number of benzene rings is 1. The average molecular weight is 331 g/mol. The smallest absolute Gasteiger partial charge is 0.323 e. The van der Waals surface area contributed by atoms with E-state index in [0.29, 0.717) is 11.6 Å². The Balaban J connectivity index is 2.14. The molecule has 0 atom stereocenters. The molecule has 1 heterocycles. The van der Waals surface area contributed by atoms with Gasteiger partial charge in [0.15, 0.2) is 0 Å². The van der Waals surface area contributed by atoms with Crippen molar-refractivity contribution >= 4 is 35.1 Å². The van der Waals surface area contributed by atoms with Crippen LogP contribution < -0.4 is 15.5 Å². The van der Waals surface area contributed by atoms with Gasteiger partial charge in [0.25, 0.3) is 0 Å². The van der Waals surface area contributed by atoms with Crippen LogP contribution in [0.15, 0.2) is 29.2 Å². The van der Waals surface area contributed by atoms with Crippen LogP contribution in [0.4, 0.5) is 22.1 Å². The minimum absolute atomic E-state index is 0.310. The molecule has 0 spiro atoms. The second-order valence-electron chi connectivity index (χ2n) is 5.27. The predicted octanol–water partition coefficient (Wildman–Crippen LogP) is 3.53. The normalized spacial score (nSPS) is 10.3. The number of anilines is 3. The molecule has 0 aliphatic carbocycles. The summed E-state index contributed by atoms with van der Waals surface area (Å²) in [5.41, 5.74) is 2.84. The number of nitrogens with one attached hydrogen (secondary N) is 2. The number of aryl methyl sites for hydroxylation is 2. The Kier molecular flexibility index (Phi) is 5.44. The molecule has 23 heavy (non-hydrogen) atoms. The van der Waals surface area contributed by atoms with Crippen LogP contribution in [0.3, 0.4) is 0 Å². The maximum atomic E-state index is 12.2. The number of hydrogen-bond acceptors (Lipinski definition) is 5. The number of rotatable bonds is 4. The molecule has 0 bridgehead atoms. The van der Waals surface area contributed by atoms with Crippen molar-refractivity contribution in [2.24, 2.45) is 0 Å². The number of amides is 2. The fraction of sp³-hybridized carbons (Fsp3) is 0.312. The van der Waals surface area contributed by atoms with E-state index in [1.807, 2.05) is 63.4 Å². The van der Waals surface area contributed by atoms with Crippen molar-refractivity contribution in [1.82, 2.24) is 9.97 Å². The molecule has 0 fully saturated rings. The van der Waals surface area contributed by atoms with Crippen LogP contribution in [0.1, 0.15) is 11.4 Å². The van der Waals surface area contributed by atoms with Crippen molar-refractivity contribution in [1.29, 1.82) is 0 Å². The molecule has 0 aliphatic heterocycles. The van der Waals surface area contributed by atoms with Crippen molar-refractivity contribution in [3.63, 3.8) is 0 Å². The molecular formula is C16H21N5OS. The molecule has 122 valence electrons. The van der Waals surface area contributed by atoms with Crippen LogP contribution in [0.25, 0.3) is 0 Å². The molecule has 6 nitrogen and oxygen atoms in total. The third-order valence-corrected chi connectivity index (χ3v) is 3.95. The minimum atomic E-state index is -0.310. The van der Waals surface area contributed by atoms with Crippen LogP contribution in [-0.2, 0) is 0 Å². The molecule has 2 amide bonds. The van der Waals surface area contributed by atoms with Gasteiger partial charge in [-0.1, -0.05) is 6.07 Å². The van der Waals surface area contributed by atoms with E-state index in [9.17, 15) is 4.79 Å². The summed E-state index contributed by atoms with van der Waals surface area (Å²) in [6, 6.07) is 7.37. The second kappa shape index (κ2) is 7.32. The van der Waals surface area contributed by atoms with Crippen LogP contribution in [-0.4, -0.2) is 36.4 Å². The number of aromatic nitrogens is 2. The summed E-state index contributed by atoms with van der Waals surface area (Å²) in [6.45, 7) is 3.71. The maximum absolute atomic E-state index is 12.2. The summed E-state index contributed by atoms with van der Waals surface area (Å²) in [4.78, 5) is 23.9. The molecule has 2 rings (SSSR count). The lowest BCUT2D eigenvalue weighted by Crippen LogP contribution is -2.22.